The molecule has 0 aliphatic carbocycles. The summed E-state index contributed by atoms with van der Waals surface area (Å²) in [6.07, 6.45) is 3.75. The van der Waals surface area contributed by atoms with E-state index in [0.29, 0.717) is 12.2 Å². The highest BCUT2D eigenvalue weighted by Gasteiger charge is 2.12. The van der Waals surface area contributed by atoms with Crippen molar-refractivity contribution in [2.75, 3.05) is 19.3 Å². The van der Waals surface area contributed by atoms with Crippen molar-refractivity contribution in [1.82, 2.24) is 14.9 Å². The number of nitrogen functional groups attached to an aromatic ring is 1. The van der Waals surface area contributed by atoms with Gasteiger partial charge in [0.1, 0.15) is 11.5 Å². The van der Waals surface area contributed by atoms with E-state index in [-0.39, 0.29) is 11.7 Å². The molecule has 0 atom stereocenters. The number of nitrogens with zero attached hydrogens (tertiary/aromatic N) is 3. The first-order chi connectivity index (χ1) is 6.65. The Morgan fingerprint density at radius 1 is 1.57 bits per heavy atom. The van der Waals surface area contributed by atoms with Gasteiger partial charge < -0.3 is 10.6 Å². The Morgan fingerprint density at radius 2 is 2.29 bits per heavy atom. The molecule has 0 aromatic carbocycles. The third-order valence-electron chi connectivity index (χ3n) is 1.78. The van der Waals surface area contributed by atoms with Crippen molar-refractivity contribution in [1.29, 1.82) is 0 Å². The quantitative estimate of drug-likeness (QED) is 0.762. The van der Waals surface area contributed by atoms with Crippen LogP contribution < -0.4 is 5.73 Å². The molecule has 14 heavy (non-hydrogen) atoms. The Kier molecular flexibility index (Phi) is 3.39. The second-order valence-electron chi connectivity index (χ2n) is 3.06. The van der Waals surface area contributed by atoms with Crippen LogP contribution in [0.1, 0.15) is 23.8 Å². The number of aromatic nitrogens is 2. The van der Waals surface area contributed by atoms with Crippen LogP contribution in [0.5, 0.6) is 0 Å². The number of hydrogen-bond donors (Lipinski definition) is 1. The average molecular weight is 194 g/mol. The van der Waals surface area contributed by atoms with Gasteiger partial charge in [-0.2, -0.15) is 0 Å². The Hall–Kier alpha value is -1.65. The highest BCUT2D eigenvalue weighted by molar-refractivity contribution is 5.92. The first kappa shape index (κ1) is 10.4. The topological polar surface area (TPSA) is 72.1 Å². The molecule has 0 fully saturated rings. The van der Waals surface area contributed by atoms with Crippen LogP contribution in [0.3, 0.4) is 0 Å². The van der Waals surface area contributed by atoms with Crippen LogP contribution in [-0.2, 0) is 0 Å². The molecule has 0 saturated carbocycles. The average Bonchev–Trinajstić information content (AvgIpc) is 2.17. The van der Waals surface area contributed by atoms with E-state index in [1.54, 1.807) is 11.9 Å². The van der Waals surface area contributed by atoms with Crippen molar-refractivity contribution < 1.29 is 4.79 Å². The summed E-state index contributed by atoms with van der Waals surface area (Å²) in [6, 6.07) is 0. The van der Waals surface area contributed by atoms with E-state index < -0.39 is 0 Å². The predicted octanol–water partition coefficient (Wildman–Crippen LogP) is 0.541. The Bertz CT molecular complexity index is 326. The van der Waals surface area contributed by atoms with Crippen molar-refractivity contribution in [3.63, 3.8) is 0 Å². The zero-order valence-electron chi connectivity index (χ0n) is 8.40. The summed E-state index contributed by atoms with van der Waals surface area (Å²) in [5.41, 5.74) is 5.72. The normalized spacial score (nSPS) is 9.86. The maximum absolute atomic E-state index is 11.7. The summed E-state index contributed by atoms with van der Waals surface area (Å²) in [5, 5.41) is 0. The summed E-state index contributed by atoms with van der Waals surface area (Å²) in [4.78, 5) is 21.0. The van der Waals surface area contributed by atoms with E-state index in [1.807, 2.05) is 6.92 Å². The van der Waals surface area contributed by atoms with Gasteiger partial charge in [-0.1, -0.05) is 6.92 Å². The van der Waals surface area contributed by atoms with Crippen LogP contribution in [0.2, 0.25) is 0 Å². The molecule has 1 amide bonds. The Morgan fingerprint density at radius 3 is 2.86 bits per heavy atom. The minimum Gasteiger partial charge on any atom is -0.382 e. The van der Waals surface area contributed by atoms with Gasteiger partial charge in [-0.05, 0) is 6.42 Å². The first-order valence-electron chi connectivity index (χ1n) is 4.48. The molecule has 1 aromatic heterocycles. The lowest BCUT2D eigenvalue weighted by Crippen LogP contribution is -2.28. The number of carbonyl (C=O) groups is 1. The van der Waals surface area contributed by atoms with Gasteiger partial charge in [-0.25, -0.2) is 4.98 Å². The minimum absolute atomic E-state index is 0.147. The van der Waals surface area contributed by atoms with Gasteiger partial charge in [0.2, 0.25) is 0 Å². The largest absolute Gasteiger partial charge is 0.382 e. The molecule has 0 aliphatic rings. The van der Waals surface area contributed by atoms with Crippen LogP contribution in [0.4, 0.5) is 5.82 Å². The van der Waals surface area contributed by atoms with Crippen LogP contribution in [-0.4, -0.2) is 34.4 Å². The number of amides is 1. The maximum atomic E-state index is 11.7. The van der Waals surface area contributed by atoms with Crippen molar-refractivity contribution >= 4 is 11.7 Å². The van der Waals surface area contributed by atoms with Gasteiger partial charge in [-0.15, -0.1) is 0 Å². The second kappa shape index (κ2) is 4.55. The maximum Gasteiger partial charge on any atom is 0.273 e. The summed E-state index contributed by atoms with van der Waals surface area (Å²) in [5.74, 6) is 0.118. The monoisotopic (exact) mass is 194 g/mol. The number of carbonyl (C=O) groups excluding carboxylic acids is 1. The standard InChI is InChI=1S/C9H14N4O/c1-3-4-13(2)9(14)7-5-11-6-8(10)12-7/h5-6H,3-4H2,1-2H3,(H2,10,12). The fourth-order valence-electron chi connectivity index (χ4n) is 1.12. The fraction of sp³-hybridized carbons (Fsp3) is 0.444. The van der Waals surface area contributed by atoms with Crippen molar-refractivity contribution in [3.05, 3.63) is 18.1 Å². The SMILES string of the molecule is CCCN(C)C(=O)c1cncc(N)n1. The molecule has 0 radical (unpaired) electrons. The molecule has 0 bridgehead atoms. The molecule has 5 nitrogen and oxygen atoms in total. The van der Waals surface area contributed by atoms with Crippen LogP contribution >= 0.6 is 0 Å². The Balaban J connectivity index is 2.78. The van der Waals surface area contributed by atoms with E-state index in [9.17, 15) is 4.79 Å². The first-order valence-corrected chi connectivity index (χ1v) is 4.48. The van der Waals surface area contributed by atoms with Gasteiger partial charge in [0.25, 0.3) is 5.91 Å². The number of anilines is 1. The van der Waals surface area contributed by atoms with E-state index in [4.69, 9.17) is 5.73 Å². The van der Waals surface area contributed by atoms with E-state index in [0.717, 1.165) is 6.42 Å². The summed E-state index contributed by atoms with van der Waals surface area (Å²) < 4.78 is 0. The minimum atomic E-state index is -0.147. The molecule has 0 spiro atoms. The van der Waals surface area contributed by atoms with E-state index >= 15 is 0 Å². The van der Waals surface area contributed by atoms with Gasteiger partial charge in [0.05, 0.1) is 12.4 Å². The molecule has 1 heterocycles. The molecular formula is C9H14N4O. The lowest BCUT2D eigenvalue weighted by molar-refractivity contribution is 0.0789. The lowest BCUT2D eigenvalue weighted by atomic mass is 10.3. The number of nitrogens with two attached hydrogens (primary N) is 1. The van der Waals surface area contributed by atoms with Crippen molar-refractivity contribution in [2.45, 2.75) is 13.3 Å². The van der Waals surface area contributed by atoms with Crippen LogP contribution in [0, 0.1) is 0 Å². The number of hydrogen-bond acceptors (Lipinski definition) is 4. The van der Waals surface area contributed by atoms with Gasteiger partial charge in [0.15, 0.2) is 0 Å². The smallest absolute Gasteiger partial charge is 0.273 e. The van der Waals surface area contributed by atoms with Crippen molar-refractivity contribution in [3.8, 4) is 0 Å². The molecule has 1 rings (SSSR count). The number of rotatable bonds is 3. The highest BCUT2D eigenvalue weighted by Crippen LogP contribution is 2.01. The summed E-state index contributed by atoms with van der Waals surface area (Å²) >= 11 is 0. The van der Waals surface area contributed by atoms with Crippen LogP contribution in [0.15, 0.2) is 12.4 Å². The molecule has 2 N–H and O–H groups in total. The second-order valence-corrected chi connectivity index (χ2v) is 3.06. The molecule has 0 saturated heterocycles. The van der Waals surface area contributed by atoms with Gasteiger partial charge >= 0.3 is 0 Å². The molecule has 0 aliphatic heterocycles. The van der Waals surface area contributed by atoms with E-state index in [1.165, 1.54) is 12.4 Å². The summed E-state index contributed by atoms with van der Waals surface area (Å²) in [6.45, 7) is 2.71. The molecule has 5 heteroatoms. The van der Waals surface area contributed by atoms with Gasteiger partial charge in [-0.3, -0.25) is 9.78 Å². The lowest BCUT2D eigenvalue weighted by Gasteiger charge is -2.14. The highest BCUT2D eigenvalue weighted by atomic mass is 16.2. The third-order valence-corrected chi connectivity index (χ3v) is 1.78. The molecule has 0 unspecified atom stereocenters. The Labute approximate surface area is 83.0 Å². The summed E-state index contributed by atoms with van der Waals surface area (Å²) in [7, 11) is 1.73. The molecule has 1 aromatic rings. The van der Waals surface area contributed by atoms with Crippen LogP contribution in [0.25, 0.3) is 0 Å². The van der Waals surface area contributed by atoms with Gasteiger partial charge in [0, 0.05) is 13.6 Å². The van der Waals surface area contributed by atoms with E-state index in [2.05, 4.69) is 9.97 Å². The van der Waals surface area contributed by atoms with Crippen molar-refractivity contribution in [2.24, 2.45) is 0 Å². The zero-order valence-corrected chi connectivity index (χ0v) is 8.40. The molecular weight excluding hydrogens is 180 g/mol. The molecule has 76 valence electrons. The fourth-order valence-corrected chi connectivity index (χ4v) is 1.12. The zero-order chi connectivity index (χ0) is 10.6. The third kappa shape index (κ3) is 2.42. The predicted molar refractivity (Wildman–Crippen MR) is 53.7 cm³/mol.